The molecule has 0 aliphatic carbocycles. The van der Waals surface area contributed by atoms with Crippen LogP contribution in [-0.2, 0) is 16.6 Å². The zero-order valence-electron chi connectivity index (χ0n) is 17.3. The van der Waals surface area contributed by atoms with Crippen LogP contribution in [0.5, 0.6) is 11.6 Å². The number of aryl methyl sites for hydroxylation is 1. The van der Waals surface area contributed by atoms with Crippen molar-refractivity contribution in [2.24, 2.45) is 5.14 Å². The van der Waals surface area contributed by atoms with Gasteiger partial charge in [0.1, 0.15) is 18.1 Å². The van der Waals surface area contributed by atoms with E-state index in [0.717, 1.165) is 17.0 Å². The smallest absolute Gasteiger partial charge is 0.238 e. The van der Waals surface area contributed by atoms with Crippen molar-refractivity contribution in [3.63, 3.8) is 0 Å². The number of rotatable bonds is 7. The molecule has 0 amide bonds. The summed E-state index contributed by atoms with van der Waals surface area (Å²) in [6, 6.07) is 15.2. The third-order valence-corrected chi connectivity index (χ3v) is 5.45. The number of aromatic nitrogens is 5. The minimum absolute atomic E-state index is 0.0247. The first-order chi connectivity index (χ1) is 15.3. The third kappa shape index (κ3) is 4.90. The normalized spacial score (nSPS) is 11.3. The Kier molecular flexibility index (Phi) is 5.84. The Labute approximate surface area is 184 Å². The molecule has 2 aromatic heterocycles. The summed E-state index contributed by atoms with van der Waals surface area (Å²) >= 11 is 0. The summed E-state index contributed by atoms with van der Waals surface area (Å²) in [4.78, 5) is 8.97. The third-order valence-electron chi connectivity index (χ3n) is 4.52. The molecule has 0 unspecified atom stereocenters. The Morgan fingerprint density at radius 2 is 1.75 bits per heavy atom. The van der Waals surface area contributed by atoms with E-state index < -0.39 is 10.0 Å². The second-order valence-electron chi connectivity index (χ2n) is 6.88. The van der Waals surface area contributed by atoms with Crippen molar-refractivity contribution in [1.29, 1.82) is 0 Å². The van der Waals surface area contributed by atoms with Crippen LogP contribution in [0, 0.1) is 6.92 Å². The SMILES string of the molecule is COc1ccc(-c2nc(C)cc(OCc3cn(-c4ccc(S(N)(=O)=O)cc4)nn3)n2)cc1. The van der Waals surface area contributed by atoms with Gasteiger partial charge in [-0.1, -0.05) is 5.21 Å². The van der Waals surface area contributed by atoms with Crippen LogP contribution >= 0.6 is 0 Å². The summed E-state index contributed by atoms with van der Waals surface area (Å²) in [6.07, 6.45) is 1.68. The Hall–Kier alpha value is -3.83. The van der Waals surface area contributed by atoms with E-state index in [4.69, 9.17) is 14.6 Å². The molecule has 2 heterocycles. The minimum atomic E-state index is -3.75. The quantitative estimate of drug-likeness (QED) is 0.451. The Bertz CT molecular complexity index is 1340. The molecule has 4 rings (SSSR count). The van der Waals surface area contributed by atoms with Gasteiger partial charge in [0, 0.05) is 17.3 Å². The van der Waals surface area contributed by atoms with E-state index >= 15 is 0 Å². The molecule has 2 aromatic carbocycles. The molecule has 0 saturated heterocycles. The zero-order chi connectivity index (χ0) is 22.7. The Morgan fingerprint density at radius 1 is 1.03 bits per heavy atom. The Morgan fingerprint density at radius 3 is 2.41 bits per heavy atom. The first-order valence-electron chi connectivity index (χ1n) is 9.49. The van der Waals surface area contributed by atoms with Crippen LogP contribution in [0.15, 0.2) is 65.7 Å². The highest BCUT2D eigenvalue weighted by atomic mass is 32.2. The summed E-state index contributed by atoms with van der Waals surface area (Å²) < 4.78 is 35.3. The van der Waals surface area contributed by atoms with Gasteiger partial charge in [-0.2, -0.15) is 4.98 Å². The van der Waals surface area contributed by atoms with Crippen LogP contribution in [0.3, 0.4) is 0 Å². The number of methoxy groups -OCH3 is 1. The molecule has 32 heavy (non-hydrogen) atoms. The van der Waals surface area contributed by atoms with Crippen LogP contribution in [-0.4, -0.2) is 40.5 Å². The van der Waals surface area contributed by atoms with Crippen LogP contribution in [0.4, 0.5) is 0 Å². The molecule has 0 aliphatic heterocycles. The molecule has 2 N–H and O–H groups in total. The molecule has 0 radical (unpaired) electrons. The molecule has 164 valence electrons. The van der Waals surface area contributed by atoms with Crippen molar-refractivity contribution in [1.82, 2.24) is 25.0 Å². The first-order valence-corrected chi connectivity index (χ1v) is 11.0. The number of benzene rings is 2. The molecule has 10 nitrogen and oxygen atoms in total. The maximum atomic E-state index is 11.4. The van der Waals surface area contributed by atoms with E-state index in [2.05, 4.69) is 20.3 Å². The molecule has 11 heteroatoms. The number of ether oxygens (including phenoxy) is 2. The van der Waals surface area contributed by atoms with E-state index in [9.17, 15) is 8.42 Å². The van der Waals surface area contributed by atoms with Gasteiger partial charge < -0.3 is 9.47 Å². The van der Waals surface area contributed by atoms with Gasteiger partial charge in [0.15, 0.2) is 5.82 Å². The van der Waals surface area contributed by atoms with Gasteiger partial charge >= 0.3 is 0 Å². The summed E-state index contributed by atoms with van der Waals surface area (Å²) in [5, 5.41) is 13.3. The largest absolute Gasteiger partial charge is 0.497 e. The van der Waals surface area contributed by atoms with Gasteiger partial charge in [-0.15, -0.1) is 5.10 Å². The lowest BCUT2D eigenvalue weighted by atomic mass is 10.2. The molecule has 0 saturated carbocycles. The standard InChI is InChI=1S/C21H20N6O4S/c1-14-11-20(24-21(23-14)15-3-7-18(30-2)8-4-15)31-13-16-12-27(26-25-16)17-5-9-19(10-6-17)32(22,28)29/h3-12H,13H2,1-2H3,(H2,22,28,29). The van der Waals surface area contributed by atoms with Crippen LogP contribution < -0.4 is 14.6 Å². The number of sulfonamides is 1. The van der Waals surface area contributed by atoms with Crippen molar-refractivity contribution >= 4 is 10.0 Å². The van der Waals surface area contributed by atoms with Gasteiger partial charge in [0.2, 0.25) is 15.9 Å². The van der Waals surface area contributed by atoms with Crippen LogP contribution in [0.2, 0.25) is 0 Å². The molecule has 4 aromatic rings. The second kappa shape index (κ2) is 8.73. The molecular weight excluding hydrogens is 432 g/mol. The summed E-state index contributed by atoms with van der Waals surface area (Å²) in [6.45, 7) is 2.01. The monoisotopic (exact) mass is 452 g/mol. The molecule has 0 spiro atoms. The van der Waals surface area contributed by atoms with Crippen molar-refractivity contribution in [2.75, 3.05) is 7.11 Å². The minimum Gasteiger partial charge on any atom is -0.497 e. The number of nitrogens with two attached hydrogens (primary N) is 1. The van der Waals surface area contributed by atoms with Crippen molar-refractivity contribution in [2.45, 2.75) is 18.4 Å². The van der Waals surface area contributed by atoms with Gasteiger partial charge in [0.05, 0.1) is 23.9 Å². The predicted octanol–water partition coefficient (Wildman–Crippen LogP) is 2.27. The lowest BCUT2D eigenvalue weighted by Gasteiger charge is -2.07. The predicted molar refractivity (Wildman–Crippen MR) is 116 cm³/mol. The molecule has 0 bridgehead atoms. The number of hydrogen-bond acceptors (Lipinski definition) is 8. The van der Waals surface area contributed by atoms with Gasteiger partial charge in [-0.25, -0.2) is 23.2 Å². The fourth-order valence-electron chi connectivity index (χ4n) is 2.91. The van der Waals surface area contributed by atoms with Gasteiger partial charge in [-0.3, -0.25) is 0 Å². The highest BCUT2D eigenvalue weighted by molar-refractivity contribution is 7.89. The number of hydrogen-bond donors (Lipinski definition) is 1. The van der Waals surface area contributed by atoms with Gasteiger partial charge in [-0.05, 0) is 55.5 Å². The van der Waals surface area contributed by atoms with Crippen molar-refractivity contribution in [3.8, 4) is 28.7 Å². The fraction of sp³-hybridized carbons (Fsp3) is 0.143. The maximum Gasteiger partial charge on any atom is 0.238 e. The average molecular weight is 452 g/mol. The maximum absolute atomic E-state index is 11.4. The Balaban J connectivity index is 1.47. The topological polar surface area (TPSA) is 135 Å². The first kappa shape index (κ1) is 21.4. The summed E-state index contributed by atoms with van der Waals surface area (Å²) in [5.74, 6) is 1.71. The molecular formula is C21H20N6O4S. The van der Waals surface area contributed by atoms with Crippen LogP contribution in [0.25, 0.3) is 17.1 Å². The lowest BCUT2D eigenvalue weighted by molar-refractivity contribution is 0.288. The number of nitrogens with zero attached hydrogens (tertiary/aromatic N) is 5. The van der Waals surface area contributed by atoms with Gasteiger partial charge in [0.25, 0.3) is 0 Å². The van der Waals surface area contributed by atoms with E-state index in [1.54, 1.807) is 31.5 Å². The highest BCUT2D eigenvalue weighted by Gasteiger charge is 2.10. The lowest BCUT2D eigenvalue weighted by Crippen LogP contribution is -2.12. The average Bonchev–Trinajstić information content (AvgIpc) is 3.26. The highest BCUT2D eigenvalue weighted by Crippen LogP contribution is 2.22. The summed E-state index contributed by atoms with van der Waals surface area (Å²) in [5.41, 5.74) is 2.81. The molecule has 0 fully saturated rings. The van der Waals surface area contributed by atoms with E-state index in [1.807, 2.05) is 31.2 Å². The van der Waals surface area contributed by atoms with E-state index in [0.29, 0.717) is 23.1 Å². The van der Waals surface area contributed by atoms with Crippen LogP contribution in [0.1, 0.15) is 11.4 Å². The second-order valence-corrected chi connectivity index (χ2v) is 8.44. The van der Waals surface area contributed by atoms with E-state index in [-0.39, 0.29) is 11.5 Å². The van der Waals surface area contributed by atoms with Crippen molar-refractivity contribution < 1.29 is 17.9 Å². The number of primary sulfonamides is 1. The summed E-state index contributed by atoms with van der Waals surface area (Å²) in [7, 11) is -2.14. The fourth-order valence-corrected chi connectivity index (χ4v) is 3.43. The van der Waals surface area contributed by atoms with E-state index in [1.165, 1.54) is 16.8 Å². The van der Waals surface area contributed by atoms with Crippen molar-refractivity contribution in [3.05, 3.63) is 72.2 Å². The molecule has 0 aliphatic rings. The zero-order valence-corrected chi connectivity index (χ0v) is 18.2. The molecule has 0 atom stereocenters.